The maximum absolute atomic E-state index is 10.3. The van der Waals surface area contributed by atoms with E-state index in [1.54, 1.807) is 6.92 Å². The second kappa shape index (κ2) is 4.56. The standard InChI is InChI=1S/C7H13ClO2/c1-3-6(8)4-5(2)7(9)10/h5-6H,3-4H2,1-2H3,(H,9,10). The van der Waals surface area contributed by atoms with Crippen molar-refractivity contribution in [2.24, 2.45) is 5.92 Å². The minimum Gasteiger partial charge on any atom is -0.481 e. The number of carbonyl (C=O) groups is 1. The summed E-state index contributed by atoms with van der Waals surface area (Å²) in [5.41, 5.74) is 0. The third-order valence-corrected chi connectivity index (χ3v) is 1.96. The fraction of sp³-hybridized carbons (Fsp3) is 0.857. The molecule has 0 saturated carbocycles. The number of hydrogen-bond donors (Lipinski definition) is 1. The number of halogens is 1. The van der Waals surface area contributed by atoms with Gasteiger partial charge < -0.3 is 5.11 Å². The molecule has 0 aliphatic rings. The van der Waals surface area contributed by atoms with Gasteiger partial charge in [-0.1, -0.05) is 13.8 Å². The Labute approximate surface area is 66.2 Å². The van der Waals surface area contributed by atoms with Gasteiger partial charge in [-0.15, -0.1) is 11.6 Å². The molecule has 0 heterocycles. The van der Waals surface area contributed by atoms with E-state index in [1.165, 1.54) is 0 Å². The lowest BCUT2D eigenvalue weighted by Crippen LogP contribution is -2.14. The van der Waals surface area contributed by atoms with E-state index >= 15 is 0 Å². The number of aliphatic carboxylic acids is 1. The third-order valence-electron chi connectivity index (χ3n) is 1.47. The highest BCUT2D eigenvalue weighted by Gasteiger charge is 2.14. The molecule has 0 rings (SSSR count). The van der Waals surface area contributed by atoms with Crippen LogP contribution in [-0.2, 0) is 4.79 Å². The molecule has 2 atom stereocenters. The summed E-state index contributed by atoms with van der Waals surface area (Å²) in [5.74, 6) is -1.08. The van der Waals surface area contributed by atoms with Crippen molar-refractivity contribution >= 4 is 17.6 Å². The molecule has 0 amide bonds. The zero-order chi connectivity index (χ0) is 8.15. The Kier molecular flexibility index (Phi) is 4.45. The maximum atomic E-state index is 10.3. The summed E-state index contributed by atoms with van der Waals surface area (Å²) in [6, 6.07) is 0. The van der Waals surface area contributed by atoms with Crippen LogP contribution in [-0.4, -0.2) is 16.5 Å². The molecule has 0 saturated heterocycles. The topological polar surface area (TPSA) is 37.3 Å². The Morgan fingerprint density at radius 2 is 2.20 bits per heavy atom. The molecule has 10 heavy (non-hydrogen) atoms. The lowest BCUT2D eigenvalue weighted by atomic mass is 10.0. The van der Waals surface area contributed by atoms with E-state index in [0.717, 1.165) is 6.42 Å². The summed E-state index contributed by atoms with van der Waals surface area (Å²) in [7, 11) is 0. The van der Waals surface area contributed by atoms with Gasteiger partial charge in [0.2, 0.25) is 0 Å². The van der Waals surface area contributed by atoms with Crippen LogP contribution in [0.5, 0.6) is 0 Å². The van der Waals surface area contributed by atoms with Gasteiger partial charge in [0.25, 0.3) is 0 Å². The summed E-state index contributed by atoms with van der Waals surface area (Å²) >= 11 is 5.74. The molecular formula is C7H13ClO2. The summed E-state index contributed by atoms with van der Waals surface area (Å²) in [4.78, 5) is 10.3. The summed E-state index contributed by atoms with van der Waals surface area (Å²) in [6.07, 6.45) is 1.40. The lowest BCUT2D eigenvalue weighted by Gasteiger charge is -2.08. The zero-order valence-electron chi connectivity index (χ0n) is 6.30. The van der Waals surface area contributed by atoms with Gasteiger partial charge >= 0.3 is 5.97 Å². The van der Waals surface area contributed by atoms with Crippen LogP contribution in [0.2, 0.25) is 0 Å². The van der Waals surface area contributed by atoms with Gasteiger partial charge in [-0.25, -0.2) is 0 Å². The number of alkyl halides is 1. The number of carboxylic acid groups (broad SMARTS) is 1. The van der Waals surface area contributed by atoms with Crippen LogP contribution < -0.4 is 0 Å². The molecule has 1 N–H and O–H groups in total. The first-order valence-corrected chi connectivity index (χ1v) is 3.88. The monoisotopic (exact) mass is 164 g/mol. The summed E-state index contributed by atoms with van der Waals surface area (Å²) in [6.45, 7) is 3.62. The normalized spacial score (nSPS) is 16.3. The molecule has 0 aromatic heterocycles. The van der Waals surface area contributed by atoms with Gasteiger partial charge in [0.15, 0.2) is 0 Å². The zero-order valence-corrected chi connectivity index (χ0v) is 7.06. The van der Waals surface area contributed by atoms with E-state index in [4.69, 9.17) is 16.7 Å². The predicted octanol–water partition coefficient (Wildman–Crippen LogP) is 2.11. The van der Waals surface area contributed by atoms with Crippen molar-refractivity contribution in [1.29, 1.82) is 0 Å². The van der Waals surface area contributed by atoms with Gasteiger partial charge in [0.1, 0.15) is 0 Å². The van der Waals surface area contributed by atoms with E-state index in [9.17, 15) is 4.79 Å². The van der Waals surface area contributed by atoms with Gasteiger partial charge in [-0.3, -0.25) is 4.79 Å². The van der Waals surface area contributed by atoms with E-state index < -0.39 is 5.97 Å². The largest absolute Gasteiger partial charge is 0.481 e. The Morgan fingerprint density at radius 3 is 2.50 bits per heavy atom. The quantitative estimate of drug-likeness (QED) is 0.647. The minimum absolute atomic E-state index is 0.00565. The van der Waals surface area contributed by atoms with Gasteiger partial charge in [-0.05, 0) is 12.8 Å². The SMILES string of the molecule is CCC(Cl)CC(C)C(=O)O. The van der Waals surface area contributed by atoms with Crippen molar-refractivity contribution in [2.75, 3.05) is 0 Å². The highest BCUT2D eigenvalue weighted by molar-refractivity contribution is 6.20. The van der Waals surface area contributed by atoms with Crippen molar-refractivity contribution in [3.63, 3.8) is 0 Å². The second-order valence-electron chi connectivity index (χ2n) is 2.48. The average Bonchev–Trinajstić information content (AvgIpc) is 1.87. The first-order valence-electron chi connectivity index (χ1n) is 3.44. The molecular weight excluding hydrogens is 152 g/mol. The van der Waals surface area contributed by atoms with Crippen LogP contribution >= 0.6 is 11.6 Å². The first-order chi connectivity index (χ1) is 4.57. The Morgan fingerprint density at radius 1 is 1.70 bits per heavy atom. The molecule has 0 aliphatic heterocycles. The molecule has 2 nitrogen and oxygen atoms in total. The Bertz CT molecular complexity index is 114. The minimum atomic E-state index is -0.765. The molecule has 0 radical (unpaired) electrons. The fourth-order valence-electron chi connectivity index (χ4n) is 0.651. The number of carboxylic acids is 1. The van der Waals surface area contributed by atoms with Crippen LogP contribution in [0.4, 0.5) is 0 Å². The number of hydrogen-bond acceptors (Lipinski definition) is 1. The smallest absolute Gasteiger partial charge is 0.306 e. The summed E-state index contributed by atoms with van der Waals surface area (Å²) < 4.78 is 0. The molecule has 3 heteroatoms. The molecule has 60 valence electrons. The molecule has 0 fully saturated rings. The van der Waals surface area contributed by atoms with Crippen LogP contribution in [0, 0.1) is 5.92 Å². The Hall–Kier alpha value is -0.240. The van der Waals surface area contributed by atoms with Crippen molar-refractivity contribution < 1.29 is 9.90 Å². The van der Waals surface area contributed by atoms with Crippen molar-refractivity contribution in [2.45, 2.75) is 32.1 Å². The highest BCUT2D eigenvalue weighted by Crippen LogP contribution is 2.13. The maximum Gasteiger partial charge on any atom is 0.306 e. The highest BCUT2D eigenvalue weighted by atomic mass is 35.5. The molecule has 2 unspecified atom stereocenters. The molecule has 0 bridgehead atoms. The molecule has 0 aromatic carbocycles. The average molecular weight is 165 g/mol. The van der Waals surface area contributed by atoms with Gasteiger partial charge in [0.05, 0.1) is 5.92 Å². The van der Waals surface area contributed by atoms with Crippen LogP contribution in [0.1, 0.15) is 26.7 Å². The van der Waals surface area contributed by atoms with Crippen molar-refractivity contribution in [3.8, 4) is 0 Å². The lowest BCUT2D eigenvalue weighted by molar-refractivity contribution is -0.141. The van der Waals surface area contributed by atoms with Gasteiger partial charge in [-0.2, -0.15) is 0 Å². The Balaban J connectivity index is 3.56. The van der Waals surface area contributed by atoms with Crippen LogP contribution in [0.15, 0.2) is 0 Å². The van der Waals surface area contributed by atoms with Crippen LogP contribution in [0.3, 0.4) is 0 Å². The van der Waals surface area contributed by atoms with Gasteiger partial charge in [0, 0.05) is 5.38 Å². The fourth-order valence-corrected chi connectivity index (χ4v) is 0.918. The molecule has 0 spiro atoms. The number of rotatable bonds is 4. The van der Waals surface area contributed by atoms with Crippen LogP contribution in [0.25, 0.3) is 0 Å². The van der Waals surface area contributed by atoms with E-state index in [2.05, 4.69) is 0 Å². The third kappa shape index (κ3) is 3.72. The first kappa shape index (κ1) is 9.76. The second-order valence-corrected chi connectivity index (χ2v) is 3.10. The van der Waals surface area contributed by atoms with E-state index in [1.807, 2.05) is 6.92 Å². The van der Waals surface area contributed by atoms with Crippen molar-refractivity contribution in [3.05, 3.63) is 0 Å². The molecule has 0 aromatic rings. The van der Waals surface area contributed by atoms with E-state index in [-0.39, 0.29) is 11.3 Å². The summed E-state index contributed by atoms with van der Waals surface area (Å²) in [5, 5.41) is 8.47. The molecule has 0 aliphatic carbocycles. The van der Waals surface area contributed by atoms with E-state index in [0.29, 0.717) is 6.42 Å². The predicted molar refractivity (Wildman–Crippen MR) is 41.3 cm³/mol. The van der Waals surface area contributed by atoms with Crippen molar-refractivity contribution in [1.82, 2.24) is 0 Å².